The molecule has 1 heterocycles. The van der Waals surface area contributed by atoms with Crippen molar-refractivity contribution in [2.24, 2.45) is 0 Å². The summed E-state index contributed by atoms with van der Waals surface area (Å²) in [6, 6.07) is 16.9. The molecule has 2 aromatic carbocycles. The van der Waals surface area contributed by atoms with Gasteiger partial charge < -0.3 is 16.0 Å². The summed E-state index contributed by atoms with van der Waals surface area (Å²) in [6.45, 7) is 6.69. The number of hydrogen-bond acceptors (Lipinski definition) is 5. The molecule has 0 aliphatic carbocycles. The molecule has 6 nitrogen and oxygen atoms in total. The number of carbonyl (C=O) groups excluding carboxylic acids is 1. The Kier molecular flexibility index (Phi) is 5.66. The van der Waals surface area contributed by atoms with Crippen molar-refractivity contribution in [1.82, 2.24) is 9.97 Å². The van der Waals surface area contributed by atoms with Gasteiger partial charge in [0.15, 0.2) is 0 Å². The molecule has 3 aromatic rings. The third-order valence-electron chi connectivity index (χ3n) is 3.92. The average molecular weight is 361 g/mol. The average Bonchev–Trinajstić information content (AvgIpc) is 2.64. The number of nitrogens with zero attached hydrogens (tertiary/aromatic N) is 2. The molecule has 0 saturated heterocycles. The van der Waals surface area contributed by atoms with Crippen LogP contribution >= 0.6 is 0 Å². The number of anilines is 4. The summed E-state index contributed by atoms with van der Waals surface area (Å²) in [5, 5.41) is 9.27. The lowest BCUT2D eigenvalue weighted by Crippen LogP contribution is -2.11. The second kappa shape index (κ2) is 8.31. The first-order valence-electron chi connectivity index (χ1n) is 8.88. The van der Waals surface area contributed by atoms with Crippen molar-refractivity contribution in [1.29, 1.82) is 0 Å². The van der Waals surface area contributed by atoms with Crippen LogP contribution in [0, 0.1) is 13.8 Å². The minimum absolute atomic E-state index is 0.127. The van der Waals surface area contributed by atoms with E-state index in [4.69, 9.17) is 0 Å². The zero-order chi connectivity index (χ0) is 19.2. The van der Waals surface area contributed by atoms with E-state index in [0.29, 0.717) is 11.5 Å². The van der Waals surface area contributed by atoms with Crippen molar-refractivity contribution >= 4 is 29.0 Å². The lowest BCUT2D eigenvalue weighted by atomic mass is 10.1. The summed E-state index contributed by atoms with van der Waals surface area (Å²) < 4.78 is 0. The summed E-state index contributed by atoms with van der Waals surface area (Å²) in [5.41, 5.74) is 4.25. The van der Waals surface area contributed by atoms with E-state index in [1.807, 2.05) is 75.4 Å². The van der Waals surface area contributed by atoms with Crippen LogP contribution in [0.5, 0.6) is 0 Å². The molecule has 0 saturated carbocycles. The number of aromatic nitrogens is 2. The molecule has 0 spiro atoms. The molecular formula is C21H23N5O. The second-order valence-electron chi connectivity index (χ2n) is 6.27. The Hall–Kier alpha value is -3.41. The van der Waals surface area contributed by atoms with Crippen molar-refractivity contribution in [2.45, 2.75) is 20.8 Å². The minimum Gasteiger partial charge on any atom is -0.354 e. The minimum atomic E-state index is -0.127. The number of benzene rings is 2. The first-order valence-corrected chi connectivity index (χ1v) is 8.88. The van der Waals surface area contributed by atoms with Crippen LogP contribution in [0.4, 0.5) is 23.1 Å². The molecule has 1 amide bonds. The molecule has 3 rings (SSSR count). The summed E-state index contributed by atoms with van der Waals surface area (Å²) in [4.78, 5) is 21.1. The van der Waals surface area contributed by atoms with Crippen LogP contribution in [-0.4, -0.2) is 22.4 Å². The molecule has 6 heteroatoms. The van der Waals surface area contributed by atoms with Gasteiger partial charge in [-0.05, 0) is 57.2 Å². The molecule has 0 radical (unpaired) electrons. The highest BCUT2D eigenvalue weighted by molar-refractivity contribution is 6.04. The maximum absolute atomic E-state index is 12.3. The summed E-state index contributed by atoms with van der Waals surface area (Å²) >= 11 is 0. The Bertz CT molecular complexity index is 920. The summed E-state index contributed by atoms with van der Waals surface area (Å²) in [7, 11) is 0. The van der Waals surface area contributed by atoms with Gasteiger partial charge in [0.25, 0.3) is 5.91 Å². The van der Waals surface area contributed by atoms with Gasteiger partial charge in [0.1, 0.15) is 5.82 Å². The fourth-order valence-corrected chi connectivity index (χ4v) is 2.56. The smallest absolute Gasteiger partial charge is 0.255 e. The van der Waals surface area contributed by atoms with Gasteiger partial charge in [0, 0.05) is 35.2 Å². The van der Waals surface area contributed by atoms with Crippen LogP contribution in [0.3, 0.4) is 0 Å². The zero-order valence-corrected chi connectivity index (χ0v) is 15.7. The Morgan fingerprint density at radius 1 is 0.926 bits per heavy atom. The van der Waals surface area contributed by atoms with Crippen molar-refractivity contribution in [3.63, 3.8) is 0 Å². The highest BCUT2D eigenvalue weighted by atomic mass is 16.1. The fourth-order valence-electron chi connectivity index (χ4n) is 2.56. The fraction of sp³-hybridized carbons (Fsp3) is 0.190. The van der Waals surface area contributed by atoms with Gasteiger partial charge >= 0.3 is 0 Å². The topological polar surface area (TPSA) is 78.9 Å². The summed E-state index contributed by atoms with van der Waals surface area (Å²) in [5.74, 6) is 1.19. The summed E-state index contributed by atoms with van der Waals surface area (Å²) in [6.07, 6.45) is 0. The van der Waals surface area contributed by atoms with Crippen molar-refractivity contribution in [2.75, 3.05) is 22.5 Å². The third kappa shape index (κ3) is 5.04. The van der Waals surface area contributed by atoms with Crippen molar-refractivity contribution < 1.29 is 4.79 Å². The van der Waals surface area contributed by atoms with Gasteiger partial charge in [-0.3, -0.25) is 4.79 Å². The van der Waals surface area contributed by atoms with Gasteiger partial charge in [-0.25, -0.2) is 4.98 Å². The molecule has 0 bridgehead atoms. The molecule has 0 aliphatic rings. The monoisotopic (exact) mass is 361 g/mol. The van der Waals surface area contributed by atoms with E-state index < -0.39 is 0 Å². The lowest BCUT2D eigenvalue weighted by molar-refractivity contribution is 0.102. The first kappa shape index (κ1) is 18.4. The molecule has 3 N–H and O–H groups in total. The standard InChI is InChI=1S/C21H23N5O/c1-4-22-21-23-15(3)13-19(26-21)24-17-9-11-18(12-10-17)25-20(27)16-7-5-14(2)6-8-16/h5-13H,4H2,1-3H3,(H,25,27)(H2,22,23,24,26). The van der Waals surface area contributed by atoms with E-state index in [2.05, 4.69) is 25.9 Å². The van der Waals surface area contributed by atoms with Crippen LogP contribution < -0.4 is 16.0 Å². The Morgan fingerprint density at radius 3 is 2.26 bits per heavy atom. The van der Waals surface area contributed by atoms with E-state index >= 15 is 0 Å². The number of aryl methyl sites for hydroxylation is 2. The predicted octanol–water partition coefficient (Wildman–Crippen LogP) is 4.52. The first-order chi connectivity index (χ1) is 13.0. The van der Waals surface area contributed by atoms with Gasteiger partial charge in [0.05, 0.1) is 0 Å². The molecule has 138 valence electrons. The Morgan fingerprint density at radius 2 is 1.59 bits per heavy atom. The predicted molar refractivity (Wildman–Crippen MR) is 110 cm³/mol. The van der Waals surface area contributed by atoms with Crippen LogP contribution in [0.2, 0.25) is 0 Å². The van der Waals surface area contributed by atoms with Gasteiger partial charge in [-0.2, -0.15) is 4.98 Å². The van der Waals surface area contributed by atoms with E-state index in [0.717, 1.165) is 35.0 Å². The molecule has 0 aliphatic heterocycles. The number of nitrogens with one attached hydrogen (secondary N) is 3. The third-order valence-corrected chi connectivity index (χ3v) is 3.92. The Balaban J connectivity index is 1.67. The van der Waals surface area contributed by atoms with E-state index in [-0.39, 0.29) is 5.91 Å². The van der Waals surface area contributed by atoms with Gasteiger partial charge in [0.2, 0.25) is 5.95 Å². The quantitative estimate of drug-likeness (QED) is 0.601. The van der Waals surface area contributed by atoms with Crippen molar-refractivity contribution in [3.8, 4) is 0 Å². The van der Waals surface area contributed by atoms with Crippen LogP contribution in [0.1, 0.15) is 28.5 Å². The van der Waals surface area contributed by atoms with E-state index in [1.165, 1.54) is 0 Å². The van der Waals surface area contributed by atoms with Gasteiger partial charge in [-0.15, -0.1) is 0 Å². The molecule has 0 atom stereocenters. The maximum Gasteiger partial charge on any atom is 0.255 e. The molecule has 0 fully saturated rings. The van der Waals surface area contributed by atoms with Crippen LogP contribution in [0.25, 0.3) is 0 Å². The normalized spacial score (nSPS) is 10.3. The number of carbonyl (C=O) groups is 1. The maximum atomic E-state index is 12.3. The van der Waals surface area contributed by atoms with Crippen LogP contribution in [0.15, 0.2) is 54.6 Å². The second-order valence-corrected chi connectivity index (χ2v) is 6.27. The highest BCUT2D eigenvalue weighted by Gasteiger charge is 2.06. The molecule has 0 unspecified atom stereocenters. The molecule has 1 aromatic heterocycles. The SMILES string of the molecule is CCNc1nc(C)cc(Nc2ccc(NC(=O)c3ccc(C)cc3)cc2)n1. The van der Waals surface area contributed by atoms with E-state index in [9.17, 15) is 4.79 Å². The number of rotatable bonds is 6. The largest absolute Gasteiger partial charge is 0.354 e. The molecular weight excluding hydrogens is 338 g/mol. The zero-order valence-electron chi connectivity index (χ0n) is 15.7. The van der Waals surface area contributed by atoms with Crippen molar-refractivity contribution in [3.05, 3.63) is 71.4 Å². The highest BCUT2D eigenvalue weighted by Crippen LogP contribution is 2.19. The number of hydrogen-bond donors (Lipinski definition) is 3. The van der Waals surface area contributed by atoms with Gasteiger partial charge in [-0.1, -0.05) is 17.7 Å². The Labute approximate surface area is 159 Å². The lowest BCUT2D eigenvalue weighted by Gasteiger charge is -2.10. The molecule has 27 heavy (non-hydrogen) atoms. The van der Waals surface area contributed by atoms with E-state index in [1.54, 1.807) is 0 Å². The van der Waals surface area contributed by atoms with Crippen LogP contribution in [-0.2, 0) is 0 Å². The number of amides is 1.